The highest BCUT2D eigenvalue weighted by atomic mass is 16.5. The zero-order valence-electron chi connectivity index (χ0n) is 18.2. The number of H-pyrrole nitrogens is 1. The summed E-state index contributed by atoms with van der Waals surface area (Å²) in [6, 6.07) is 6.05. The molecule has 0 bridgehead atoms. The number of piperidine rings is 1. The van der Waals surface area contributed by atoms with Gasteiger partial charge in [0, 0.05) is 13.0 Å². The van der Waals surface area contributed by atoms with Gasteiger partial charge in [-0.2, -0.15) is 0 Å². The summed E-state index contributed by atoms with van der Waals surface area (Å²) in [6.45, 7) is 9.46. The molecular weight excluding hydrogens is 380 g/mol. The fourth-order valence-electron chi connectivity index (χ4n) is 4.81. The molecule has 8 nitrogen and oxygen atoms in total. The number of aryl methyl sites for hydroxylation is 2. The van der Waals surface area contributed by atoms with E-state index in [2.05, 4.69) is 46.5 Å². The second-order valence-electron chi connectivity index (χ2n) is 8.65. The minimum absolute atomic E-state index is 0.0635. The zero-order valence-corrected chi connectivity index (χ0v) is 18.2. The summed E-state index contributed by atoms with van der Waals surface area (Å²) in [5, 5.41) is 13.5. The standard InChI is InChI=1S/C22H30N6O2/c1-14-6-5-7-27(13-14)20(21-24-25-26-28(21)8-9-30-4)18-12-17-11-15(2)10-16(3)19(17)23-22(18)29/h10-12,14,20H,5-9,13H2,1-4H3,(H,23,29)/p+1/t14-,20+/m0/s1. The normalized spacial score (nSPS) is 20.5. The van der Waals surface area contributed by atoms with Crippen LogP contribution >= 0.6 is 0 Å². The minimum Gasteiger partial charge on any atom is -0.383 e. The zero-order chi connectivity index (χ0) is 21.3. The highest BCUT2D eigenvalue weighted by molar-refractivity contribution is 5.83. The molecule has 1 unspecified atom stereocenters. The van der Waals surface area contributed by atoms with Gasteiger partial charge in [-0.05, 0) is 60.2 Å². The number of rotatable bonds is 6. The Bertz CT molecular complexity index is 1090. The maximum atomic E-state index is 13.3. The Kier molecular flexibility index (Phi) is 5.97. The number of aromatic amines is 1. The number of ether oxygens (including phenoxy) is 1. The Morgan fingerprint density at radius 3 is 2.93 bits per heavy atom. The van der Waals surface area contributed by atoms with Crippen LogP contribution < -0.4 is 10.5 Å². The Labute approximate surface area is 176 Å². The second-order valence-corrected chi connectivity index (χ2v) is 8.65. The fourth-order valence-corrected chi connectivity index (χ4v) is 4.81. The van der Waals surface area contributed by atoms with Gasteiger partial charge in [-0.25, -0.2) is 4.68 Å². The Balaban J connectivity index is 1.87. The van der Waals surface area contributed by atoms with Crippen molar-refractivity contribution in [3.8, 4) is 0 Å². The molecule has 1 aliphatic rings. The van der Waals surface area contributed by atoms with E-state index >= 15 is 0 Å². The third-order valence-corrected chi connectivity index (χ3v) is 6.17. The van der Waals surface area contributed by atoms with Crippen LogP contribution in [-0.4, -0.2) is 52.0 Å². The fraction of sp³-hybridized carbons (Fsp3) is 0.545. The van der Waals surface area contributed by atoms with Crippen LogP contribution in [0.4, 0.5) is 0 Å². The summed E-state index contributed by atoms with van der Waals surface area (Å²) in [7, 11) is 1.66. The van der Waals surface area contributed by atoms with Crippen molar-refractivity contribution in [3.05, 3.63) is 51.1 Å². The van der Waals surface area contributed by atoms with Crippen molar-refractivity contribution in [1.82, 2.24) is 25.2 Å². The van der Waals surface area contributed by atoms with Gasteiger partial charge < -0.3 is 14.6 Å². The molecule has 3 heterocycles. The van der Waals surface area contributed by atoms with Gasteiger partial charge in [0.15, 0.2) is 6.04 Å². The third-order valence-electron chi connectivity index (χ3n) is 6.17. The van der Waals surface area contributed by atoms with Gasteiger partial charge in [0.05, 0.1) is 37.3 Å². The molecule has 2 N–H and O–H groups in total. The van der Waals surface area contributed by atoms with Crippen molar-refractivity contribution < 1.29 is 9.64 Å². The lowest BCUT2D eigenvalue weighted by molar-refractivity contribution is -0.934. The molecule has 1 fully saturated rings. The summed E-state index contributed by atoms with van der Waals surface area (Å²) >= 11 is 0. The van der Waals surface area contributed by atoms with Gasteiger partial charge in [-0.1, -0.05) is 18.6 Å². The summed E-state index contributed by atoms with van der Waals surface area (Å²) in [5.74, 6) is 1.33. The topological polar surface area (TPSA) is 90.1 Å². The average Bonchev–Trinajstić information content (AvgIpc) is 3.16. The van der Waals surface area contributed by atoms with Crippen LogP contribution in [0, 0.1) is 19.8 Å². The van der Waals surface area contributed by atoms with Crippen molar-refractivity contribution >= 4 is 10.9 Å². The first kappa shape index (κ1) is 20.7. The molecule has 0 saturated carbocycles. The van der Waals surface area contributed by atoms with E-state index in [0.717, 1.165) is 47.4 Å². The van der Waals surface area contributed by atoms with E-state index in [-0.39, 0.29) is 11.6 Å². The molecule has 2 aromatic heterocycles. The van der Waals surface area contributed by atoms with Gasteiger partial charge in [0.2, 0.25) is 5.82 Å². The van der Waals surface area contributed by atoms with Gasteiger partial charge in [0.25, 0.3) is 5.56 Å². The molecule has 3 atom stereocenters. The van der Waals surface area contributed by atoms with E-state index in [4.69, 9.17) is 4.74 Å². The van der Waals surface area contributed by atoms with Gasteiger partial charge >= 0.3 is 0 Å². The van der Waals surface area contributed by atoms with Crippen LogP contribution in [0.25, 0.3) is 10.9 Å². The maximum absolute atomic E-state index is 13.3. The number of nitrogens with zero attached hydrogens (tertiary/aromatic N) is 4. The van der Waals surface area contributed by atoms with Gasteiger partial charge in [-0.15, -0.1) is 5.10 Å². The Hall–Kier alpha value is -2.58. The van der Waals surface area contributed by atoms with Crippen LogP contribution in [-0.2, 0) is 11.3 Å². The number of pyridine rings is 1. The Morgan fingerprint density at radius 2 is 2.17 bits per heavy atom. The van der Waals surface area contributed by atoms with Crippen LogP contribution in [0.15, 0.2) is 23.0 Å². The molecule has 4 rings (SSSR count). The number of benzene rings is 1. The van der Waals surface area contributed by atoms with Crippen molar-refractivity contribution in [2.45, 2.75) is 46.2 Å². The van der Waals surface area contributed by atoms with Crippen molar-refractivity contribution in [3.63, 3.8) is 0 Å². The van der Waals surface area contributed by atoms with Crippen LogP contribution in [0.1, 0.15) is 48.3 Å². The second kappa shape index (κ2) is 8.65. The SMILES string of the molecule is COCCn1nnnc1[C@@H](c1cc2cc(C)cc(C)c2[nH]c1=O)[NH+]1CCC[C@H](C)C1. The first-order valence-electron chi connectivity index (χ1n) is 10.7. The first-order valence-corrected chi connectivity index (χ1v) is 10.7. The number of tetrazole rings is 1. The number of quaternary nitrogens is 1. The lowest BCUT2D eigenvalue weighted by atomic mass is 9.95. The van der Waals surface area contributed by atoms with E-state index < -0.39 is 0 Å². The molecule has 0 amide bonds. The molecule has 1 aliphatic heterocycles. The monoisotopic (exact) mass is 411 g/mol. The van der Waals surface area contributed by atoms with E-state index in [1.807, 2.05) is 13.0 Å². The average molecular weight is 412 g/mol. The van der Waals surface area contributed by atoms with E-state index in [1.54, 1.807) is 11.8 Å². The molecule has 160 valence electrons. The number of hydrogen-bond donors (Lipinski definition) is 2. The predicted octanol–water partition coefficient (Wildman–Crippen LogP) is 1.18. The lowest BCUT2D eigenvalue weighted by Gasteiger charge is -2.33. The summed E-state index contributed by atoms with van der Waals surface area (Å²) in [6.07, 6.45) is 2.35. The van der Waals surface area contributed by atoms with E-state index in [1.165, 1.54) is 16.9 Å². The maximum Gasteiger partial charge on any atom is 0.258 e. The molecular formula is C22H31N6O2+. The minimum atomic E-state index is -0.214. The van der Waals surface area contributed by atoms with Gasteiger partial charge in [-0.3, -0.25) is 4.79 Å². The number of nitrogens with one attached hydrogen (secondary N) is 2. The highest BCUT2D eigenvalue weighted by Crippen LogP contribution is 2.22. The van der Waals surface area contributed by atoms with Crippen LogP contribution in [0.5, 0.6) is 0 Å². The van der Waals surface area contributed by atoms with Crippen LogP contribution in [0.2, 0.25) is 0 Å². The van der Waals surface area contributed by atoms with Gasteiger partial charge in [0.1, 0.15) is 0 Å². The largest absolute Gasteiger partial charge is 0.383 e. The lowest BCUT2D eigenvalue weighted by Crippen LogP contribution is -3.14. The molecule has 1 saturated heterocycles. The predicted molar refractivity (Wildman–Crippen MR) is 115 cm³/mol. The van der Waals surface area contributed by atoms with Crippen molar-refractivity contribution in [2.24, 2.45) is 5.92 Å². The molecule has 0 aliphatic carbocycles. The quantitative estimate of drug-likeness (QED) is 0.636. The molecule has 8 heteroatoms. The number of fused-ring (bicyclic) bond motifs is 1. The molecule has 30 heavy (non-hydrogen) atoms. The summed E-state index contributed by atoms with van der Waals surface area (Å²) in [4.78, 5) is 17.8. The number of methoxy groups -OCH3 is 1. The third kappa shape index (κ3) is 4.02. The summed E-state index contributed by atoms with van der Waals surface area (Å²) in [5.41, 5.74) is 3.82. The highest BCUT2D eigenvalue weighted by Gasteiger charge is 2.36. The molecule has 3 aromatic rings. The van der Waals surface area contributed by atoms with Crippen molar-refractivity contribution in [2.75, 3.05) is 26.8 Å². The number of aromatic nitrogens is 5. The van der Waals surface area contributed by atoms with Crippen molar-refractivity contribution in [1.29, 1.82) is 0 Å². The smallest absolute Gasteiger partial charge is 0.258 e. The molecule has 0 radical (unpaired) electrons. The number of likely N-dealkylation sites (tertiary alicyclic amines) is 1. The first-order chi connectivity index (χ1) is 14.5. The molecule has 0 spiro atoms. The Morgan fingerprint density at radius 1 is 1.33 bits per heavy atom. The van der Waals surface area contributed by atoms with E-state index in [0.29, 0.717) is 19.1 Å². The number of hydrogen-bond acceptors (Lipinski definition) is 5. The molecule has 1 aromatic carbocycles. The summed E-state index contributed by atoms with van der Waals surface area (Å²) < 4.78 is 7.02. The van der Waals surface area contributed by atoms with E-state index in [9.17, 15) is 4.79 Å². The van der Waals surface area contributed by atoms with Crippen LogP contribution in [0.3, 0.4) is 0 Å².